The molecule has 0 unspecified atom stereocenters. The lowest BCUT2D eigenvalue weighted by Crippen LogP contribution is -2.52. The monoisotopic (exact) mass is 383 g/mol. The van der Waals surface area contributed by atoms with Crippen LogP contribution in [0.5, 0.6) is 0 Å². The number of carbonyl (C=O) groups is 2. The maximum atomic E-state index is 12.5. The molecule has 5 heteroatoms. The summed E-state index contributed by atoms with van der Waals surface area (Å²) in [7, 11) is 0. The third-order valence-corrected chi connectivity index (χ3v) is 7.96. The van der Waals surface area contributed by atoms with Crippen molar-refractivity contribution in [3.63, 3.8) is 0 Å². The Morgan fingerprint density at radius 3 is 2.41 bits per heavy atom. The molecule has 142 valence electrons. The average Bonchev–Trinajstić information content (AvgIpc) is 2.73. The standard InChI is InChI=1S/C22H25NO3S/c24-18-16-8-4-5-9-17(16)20-21(19(18)25)27-14-22(26-20)10-12-23(13-11-22)15-6-2-1-3-7-15/h4-5,8-9,15H,1-3,6-7,10-14H2. The topological polar surface area (TPSA) is 46.6 Å². The second-order valence-electron chi connectivity index (χ2n) is 8.26. The Balaban J connectivity index is 1.37. The number of hydrogen-bond acceptors (Lipinski definition) is 5. The molecule has 1 spiro atoms. The van der Waals surface area contributed by atoms with E-state index in [9.17, 15) is 9.59 Å². The van der Waals surface area contributed by atoms with Gasteiger partial charge in [0.1, 0.15) is 16.3 Å². The van der Waals surface area contributed by atoms with Gasteiger partial charge < -0.3 is 9.64 Å². The van der Waals surface area contributed by atoms with Crippen molar-refractivity contribution in [3.05, 3.63) is 40.3 Å². The van der Waals surface area contributed by atoms with E-state index < -0.39 is 11.6 Å². The number of fused-ring (bicyclic) bond motifs is 2. The van der Waals surface area contributed by atoms with Gasteiger partial charge in [0.2, 0.25) is 11.6 Å². The van der Waals surface area contributed by atoms with Gasteiger partial charge in [0.15, 0.2) is 0 Å². The Bertz CT molecular complexity index is 817. The summed E-state index contributed by atoms with van der Waals surface area (Å²) < 4.78 is 6.56. The minimum atomic E-state index is -0.400. The predicted octanol–water partition coefficient (Wildman–Crippen LogP) is 4.05. The van der Waals surface area contributed by atoms with Gasteiger partial charge in [0.25, 0.3) is 0 Å². The van der Waals surface area contributed by atoms with Crippen LogP contribution in [0.4, 0.5) is 0 Å². The first-order valence-electron chi connectivity index (χ1n) is 10.2. The van der Waals surface area contributed by atoms with Gasteiger partial charge in [-0.3, -0.25) is 9.59 Å². The van der Waals surface area contributed by atoms with Crippen LogP contribution in [-0.2, 0) is 9.53 Å². The molecule has 4 aliphatic rings. The number of piperidine rings is 1. The number of rotatable bonds is 1. The van der Waals surface area contributed by atoms with Crippen LogP contribution in [0.15, 0.2) is 29.2 Å². The van der Waals surface area contributed by atoms with Crippen molar-refractivity contribution in [1.29, 1.82) is 0 Å². The molecule has 4 nitrogen and oxygen atoms in total. The van der Waals surface area contributed by atoms with Crippen LogP contribution < -0.4 is 0 Å². The van der Waals surface area contributed by atoms with E-state index in [2.05, 4.69) is 4.90 Å². The number of ketones is 2. The number of allylic oxidation sites excluding steroid dienone is 1. The number of ether oxygens (including phenoxy) is 1. The number of thioether (sulfide) groups is 1. The van der Waals surface area contributed by atoms with Crippen LogP contribution >= 0.6 is 11.8 Å². The molecular weight excluding hydrogens is 358 g/mol. The van der Waals surface area contributed by atoms with Crippen molar-refractivity contribution in [3.8, 4) is 0 Å². The second kappa shape index (κ2) is 6.78. The molecule has 0 atom stereocenters. The number of carbonyl (C=O) groups excluding carboxylic acids is 2. The van der Waals surface area contributed by atoms with Crippen LogP contribution in [0.1, 0.15) is 60.9 Å². The van der Waals surface area contributed by atoms with E-state index in [4.69, 9.17) is 4.74 Å². The van der Waals surface area contributed by atoms with E-state index in [-0.39, 0.29) is 5.60 Å². The maximum Gasteiger partial charge on any atom is 0.243 e. The van der Waals surface area contributed by atoms with Gasteiger partial charge in [0.05, 0.1) is 0 Å². The van der Waals surface area contributed by atoms with Crippen molar-refractivity contribution in [2.45, 2.75) is 56.6 Å². The Morgan fingerprint density at radius 2 is 1.67 bits per heavy atom. The summed E-state index contributed by atoms with van der Waals surface area (Å²) in [5.41, 5.74) is 1.07. The summed E-state index contributed by atoms with van der Waals surface area (Å²) >= 11 is 1.53. The van der Waals surface area contributed by atoms with Crippen molar-refractivity contribution < 1.29 is 14.3 Å². The third kappa shape index (κ3) is 2.95. The number of hydrogen-bond donors (Lipinski definition) is 0. The largest absolute Gasteiger partial charge is 0.484 e. The van der Waals surface area contributed by atoms with E-state index in [1.165, 1.54) is 43.9 Å². The van der Waals surface area contributed by atoms with Crippen LogP contribution in [0.3, 0.4) is 0 Å². The number of nitrogens with zero attached hydrogens (tertiary/aromatic N) is 1. The summed E-state index contributed by atoms with van der Waals surface area (Å²) in [4.78, 5) is 28.1. The zero-order chi connectivity index (χ0) is 18.4. The minimum absolute atomic E-state index is 0.206. The first-order chi connectivity index (χ1) is 13.2. The Labute approximate surface area is 164 Å². The lowest BCUT2D eigenvalue weighted by atomic mass is 9.87. The van der Waals surface area contributed by atoms with Crippen LogP contribution in [0.25, 0.3) is 5.76 Å². The highest BCUT2D eigenvalue weighted by Gasteiger charge is 2.46. The molecule has 5 rings (SSSR count). The Morgan fingerprint density at radius 1 is 0.963 bits per heavy atom. The summed E-state index contributed by atoms with van der Waals surface area (Å²) in [6, 6.07) is 8.11. The number of likely N-dealkylation sites (tertiary alicyclic amines) is 1. The van der Waals surface area contributed by atoms with Gasteiger partial charge >= 0.3 is 0 Å². The molecule has 0 bridgehead atoms. The van der Waals surface area contributed by atoms with E-state index in [1.54, 1.807) is 6.07 Å². The fraction of sp³-hybridized carbons (Fsp3) is 0.545. The van der Waals surface area contributed by atoms with E-state index in [0.717, 1.165) is 43.3 Å². The summed E-state index contributed by atoms with van der Waals surface area (Å²) in [6.07, 6.45) is 8.78. The molecule has 1 saturated heterocycles. The van der Waals surface area contributed by atoms with Crippen LogP contribution in [0, 0.1) is 0 Å². The van der Waals surface area contributed by atoms with Crippen LogP contribution in [0.2, 0.25) is 0 Å². The smallest absolute Gasteiger partial charge is 0.243 e. The molecule has 1 aromatic carbocycles. The van der Waals surface area contributed by atoms with Gasteiger partial charge in [0, 0.05) is 48.9 Å². The Hall–Kier alpha value is -1.59. The van der Waals surface area contributed by atoms with Crippen molar-refractivity contribution >= 4 is 29.1 Å². The highest BCUT2D eigenvalue weighted by molar-refractivity contribution is 8.04. The number of benzene rings is 1. The molecule has 2 aliphatic carbocycles. The van der Waals surface area contributed by atoms with Crippen molar-refractivity contribution in [2.24, 2.45) is 0 Å². The summed E-state index contributed by atoms with van der Waals surface area (Å²) in [5, 5.41) is 0. The SMILES string of the molecule is O=C1C(=O)c2ccccc2C2=C1SCC1(CCN(C3CCCCC3)CC1)O2. The molecule has 27 heavy (non-hydrogen) atoms. The lowest BCUT2D eigenvalue weighted by molar-refractivity contribution is -0.111. The van der Waals surface area contributed by atoms with Crippen LogP contribution in [-0.4, -0.2) is 47.0 Å². The Kier molecular flexibility index (Phi) is 4.40. The second-order valence-corrected chi connectivity index (χ2v) is 9.25. The molecule has 0 aromatic heterocycles. The quantitative estimate of drug-likeness (QED) is 0.685. The molecule has 0 N–H and O–H groups in total. The zero-order valence-electron chi connectivity index (χ0n) is 15.5. The van der Waals surface area contributed by atoms with Gasteiger partial charge in [-0.1, -0.05) is 43.5 Å². The van der Waals surface area contributed by atoms with Gasteiger partial charge in [-0.25, -0.2) is 0 Å². The van der Waals surface area contributed by atoms with E-state index >= 15 is 0 Å². The third-order valence-electron chi connectivity index (χ3n) is 6.63. The maximum absolute atomic E-state index is 12.5. The van der Waals surface area contributed by atoms with Gasteiger partial charge in [-0.15, -0.1) is 11.8 Å². The fourth-order valence-electron chi connectivity index (χ4n) is 5.00. The summed E-state index contributed by atoms with van der Waals surface area (Å²) in [5.74, 6) is 0.621. The van der Waals surface area contributed by atoms with E-state index in [1.807, 2.05) is 18.2 Å². The first kappa shape index (κ1) is 17.5. The molecule has 0 amide bonds. The predicted molar refractivity (Wildman–Crippen MR) is 107 cm³/mol. The fourth-order valence-corrected chi connectivity index (χ4v) is 6.26. The van der Waals surface area contributed by atoms with Gasteiger partial charge in [-0.2, -0.15) is 0 Å². The molecule has 2 aliphatic heterocycles. The summed E-state index contributed by atoms with van der Waals surface area (Å²) in [6.45, 7) is 2.14. The molecule has 2 fully saturated rings. The van der Waals surface area contributed by atoms with Gasteiger partial charge in [-0.05, 0) is 12.8 Å². The first-order valence-corrected chi connectivity index (χ1v) is 11.1. The molecule has 2 heterocycles. The highest BCUT2D eigenvalue weighted by atomic mass is 32.2. The molecular formula is C22H25NO3S. The normalized spacial score (nSPS) is 25.9. The number of Topliss-reactive ketones (excluding diaryl/α,β-unsaturated/α-hetero) is 2. The minimum Gasteiger partial charge on any atom is -0.484 e. The molecule has 1 saturated carbocycles. The molecule has 0 radical (unpaired) electrons. The van der Waals surface area contributed by atoms with E-state index in [0.29, 0.717) is 16.2 Å². The average molecular weight is 384 g/mol. The van der Waals surface area contributed by atoms with Crippen molar-refractivity contribution in [1.82, 2.24) is 4.90 Å². The zero-order valence-corrected chi connectivity index (χ0v) is 16.4. The highest BCUT2D eigenvalue weighted by Crippen LogP contribution is 2.47. The lowest BCUT2D eigenvalue weighted by Gasteiger charge is -2.47. The molecule has 1 aromatic rings. The van der Waals surface area contributed by atoms with Crippen molar-refractivity contribution in [2.75, 3.05) is 18.8 Å².